The molecule has 0 N–H and O–H groups in total. The quantitative estimate of drug-likeness (QED) is 0.167. The molecule has 0 aliphatic carbocycles. The minimum atomic E-state index is -4.55. The molecular formula is C30H25F3N2O5S. The molecule has 2 aromatic heterocycles. The van der Waals surface area contributed by atoms with Crippen molar-refractivity contribution < 1.29 is 36.9 Å². The molecule has 0 amide bonds. The van der Waals surface area contributed by atoms with E-state index >= 15 is 0 Å². The summed E-state index contributed by atoms with van der Waals surface area (Å²) in [6, 6.07) is 19.8. The van der Waals surface area contributed by atoms with Gasteiger partial charge in [0.1, 0.15) is 41.3 Å². The van der Waals surface area contributed by atoms with E-state index in [4.69, 9.17) is 18.9 Å². The Morgan fingerprint density at radius 2 is 1.73 bits per heavy atom. The van der Waals surface area contributed by atoms with E-state index in [1.165, 1.54) is 32.2 Å². The number of hydrogen-bond acceptors (Lipinski definition) is 7. The van der Waals surface area contributed by atoms with Crippen molar-refractivity contribution in [2.24, 2.45) is 0 Å². The van der Waals surface area contributed by atoms with Crippen LogP contribution in [-0.2, 0) is 17.5 Å². The molecule has 0 aliphatic heterocycles. The van der Waals surface area contributed by atoms with Gasteiger partial charge in [0.05, 0.1) is 30.8 Å². The number of carbonyl (C=O) groups is 1. The molecule has 0 saturated heterocycles. The Morgan fingerprint density at radius 1 is 1.00 bits per heavy atom. The summed E-state index contributed by atoms with van der Waals surface area (Å²) in [5, 5.41) is 0.562. The number of hydrogen-bond donors (Lipinski definition) is 0. The first kappa shape index (κ1) is 28.0. The van der Waals surface area contributed by atoms with Crippen LogP contribution in [0.2, 0.25) is 0 Å². The number of carbonyl (C=O) groups excluding carboxylic acids is 1. The zero-order valence-electron chi connectivity index (χ0n) is 22.3. The van der Waals surface area contributed by atoms with Crippen molar-refractivity contribution in [3.63, 3.8) is 0 Å². The highest BCUT2D eigenvalue weighted by atomic mass is 32.1. The summed E-state index contributed by atoms with van der Waals surface area (Å²) in [5.74, 6) is 0.799. The molecule has 0 fully saturated rings. The molecular weight excluding hydrogens is 557 g/mol. The van der Waals surface area contributed by atoms with Crippen LogP contribution in [0, 0.1) is 0 Å². The van der Waals surface area contributed by atoms with Gasteiger partial charge in [-0.25, -0.2) is 9.78 Å². The zero-order valence-corrected chi connectivity index (χ0v) is 23.1. The molecule has 0 bridgehead atoms. The van der Waals surface area contributed by atoms with E-state index in [0.29, 0.717) is 28.4 Å². The number of aromatic nitrogens is 2. The minimum absolute atomic E-state index is 0.0460. The molecule has 0 radical (unpaired) electrons. The van der Waals surface area contributed by atoms with Crippen molar-refractivity contribution in [3.8, 4) is 22.2 Å². The fourth-order valence-corrected chi connectivity index (χ4v) is 5.30. The number of ether oxygens (including phenoxy) is 4. The van der Waals surface area contributed by atoms with Gasteiger partial charge in [0.2, 0.25) is 0 Å². The average molecular weight is 583 g/mol. The van der Waals surface area contributed by atoms with Crippen LogP contribution in [0.15, 0.2) is 79.1 Å². The van der Waals surface area contributed by atoms with E-state index in [9.17, 15) is 18.0 Å². The third-order valence-electron chi connectivity index (χ3n) is 6.38. The summed E-state index contributed by atoms with van der Waals surface area (Å²) in [6.45, 7) is 1.84. The molecule has 41 heavy (non-hydrogen) atoms. The number of imidazole rings is 1. The minimum Gasteiger partial charge on any atom is -0.497 e. The Bertz CT molecular complexity index is 1680. The van der Waals surface area contributed by atoms with E-state index < -0.39 is 23.8 Å². The summed E-state index contributed by atoms with van der Waals surface area (Å²) in [5.41, 5.74) is 1.51. The first-order valence-electron chi connectivity index (χ1n) is 12.5. The average Bonchev–Trinajstić information content (AvgIpc) is 3.59. The Balaban J connectivity index is 1.44. The van der Waals surface area contributed by atoms with Crippen molar-refractivity contribution in [3.05, 3.63) is 101 Å². The third-order valence-corrected chi connectivity index (χ3v) is 7.48. The maximum Gasteiger partial charge on any atom is 0.416 e. The van der Waals surface area contributed by atoms with Crippen molar-refractivity contribution in [2.45, 2.75) is 25.8 Å². The van der Waals surface area contributed by atoms with Crippen molar-refractivity contribution in [2.75, 3.05) is 14.2 Å². The van der Waals surface area contributed by atoms with Gasteiger partial charge in [-0.05, 0) is 42.8 Å². The second-order valence-electron chi connectivity index (χ2n) is 9.02. The van der Waals surface area contributed by atoms with Gasteiger partial charge < -0.3 is 18.9 Å². The highest BCUT2D eigenvalue weighted by Gasteiger charge is 2.35. The number of thiophene rings is 1. The van der Waals surface area contributed by atoms with Gasteiger partial charge in [-0.2, -0.15) is 13.2 Å². The normalized spacial score (nSPS) is 12.2. The molecule has 0 aliphatic rings. The maximum atomic E-state index is 13.6. The fourth-order valence-electron chi connectivity index (χ4n) is 4.31. The zero-order chi connectivity index (χ0) is 29.1. The van der Waals surface area contributed by atoms with Crippen LogP contribution in [0.3, 0.4) is 0 Å². The molecule has 5 rings (SSSR count). The van der Waals surface area contributed by atoms with E-state index in [2.05, 4.69) is 4.98 Å². The molecule has 11 heteroatoms. The van der Waals surface area contributed by atoms with Crippen LogP contribution >= 0.6 is 11.3 Å². The molecule has 0 unspecified atom stereocenters. The smallest absolute Gasteiger partial charge is 0.416 e. The Morgan fingerprint density at radius 3 is 2.44 bits per heavy atom. The molecule has 7 nitrogen and oxygen atoms in total. The maximum absolute atomic E-state index is 13.6. The lowest BCUT2D eigenvalue weighted by Gasteiger charge is -2.19. The predicted octanol–water partition coefficient (Wildman–Crippen LogP) is 7.62. The highest BCUT2D eigenvalue weighted by Crippen LogP contribution is 2.40. The number of benzene rings is 3. The first-order valence-corrected chi connectivity index (χ1v) is 13.3. The van der Waals surface area contributed by atoms with Crippen LogP contribution in [-0.4, -0.2) is 29.7 Å². The molecule has 2 heterocycles. The Hall–Kier alpha value is -4.51. The number of esters is 1. The summed E-state index contributed by atoms with van der Waals surface area (Å²) in [4.78, 5) is 17.2. The van der Waals surface area contributed by atoms with Crippen LogP contribution in [0.1, 0.15) is 39.4 Å². The van der Waals surface area contributed by atoms with Crippen molar-refractivity contribution in [1.82, 2.24) is 9.55 Å². The third kappa shape index (κ3) is 5.99. The van der Waals surface area contributed by atoms with E-state index in [-0.39, 0.29) is 16.2 Å². The van der Waals surface area contributed by atoms with E-state index in [0.717, 1.165) is 28.7 Å². The SMILES string of the molecule is COC(=O)c1sc(-n2cnc3ccc(OCc4ccc(OC)cc4)cc32)cc1O[C@H](C)c1ccccc1C(F)(F)F. The lowest BCUT2D eigenvalue weighted by atomic mass is 10.0. The van der Waals surface area contributed by atoms with Gasteiger partial charge in [-0.15, -0.1) is 11.3 Å². The summed E-state index contributed by atoms with van der Waals surface area (Å²) >= 11 is 1.08. The summed E-state index contributed by atoms with van der Waals surface area (Å²) < 4.78 is 64.6. The number of alkyl halides is 3. The number of fused-ring (bicyclic) bond motifs is 1. The number of rotatable bonds is 9. The van der Waals surface area contributed by atoms with Crippen LogP contribution < -0.4 is 14.2 Å². The van der Waals surface area contributed by atoms with Crippen LogP contribution in [0.5, 0.6) is 17.2 Å². The van der Waals surface area contributed by atoms with E-state index in [1.54, 1.807) is 24.1 Å². The number of halogens is 3. The van der Waals surface area contributed by atoms with Crippen molar-refractivity contribution >= 4 is 28.3 Å². The second kappa shape index (κ2) is 11.5. The topological polar surface area (TPSA) is 71.8 Å². The molecule has 0 saturated carbocycles. The summed E-state index contributed by atoms with van der Waals surface area (Å²) in [6.07, 6.45) is -3.96. The lowest BCUT2D eigenvalue weighted by Crippen LogP contribution is -2.14. The van der Waals surface area contributed by atoms with Crippen LogP contribution in [0.4, 0.5) is 13.2 Å². The molecule has 3 aromatic carbocycles. The highest BCUT2D eigenvalue weighted by molar-refractivity contribution is 7.16. The lowest BCUT2D eigenvalue weighted by molar-refractivity contribution is -0.139. The molecule has 5 aromatic rings. The molecule has 212 valence electrons. The molecule has 0 spiro atoms. The standard InChI is InChI=1S/C30H25F3N2O5S/c1-18(22-6-4-5-7-23(22)30(31,32)33)40-26-15-27(41-28(26)29(36)38-3)35-17-34-24-13-12-21(14-25(24)35)39-16-19-8-10-20(37-2)11-9-19/h4-15,17-18H,16H2,1-3H3/t18-/m1/s1. The number of methoxy groups -OCH3 is 2. The Kier molecular flexibility index (Phi) is 7.89. The number of nitrogens with zero attached hydrogens (tertiary/aromatic N) is 2. The first-order chi connectivity index (χ1) is 19.7. The van der Waals surface area contributed by atoms with Gasteiger partial charge in [0.25, 0.3) is 0 Å². The Labute approximate surface area is 237 Å². The van der Waals surface area contributed by atoms with Crippen LogP contribution in [0.25, 0.3) is 16.0 Å². The van der Waals surface area contributed by atoms with Gasteiger partial charge in [-0.1, -0.05) is 30.3 Å². The molecule has 1 atom stereocenters. The largest absolute Gasteiger partial charge is 0.497 e. The van der Waals surface area contributed by atoms with Crippen molar-refractivity contribution in [1.29, 1.82) is 0 Å². The van der Waals surface area contributed by atoms with E-state index in [1.807, 2.05) is 42.5 Å². The monoisotopic (exact) mass is 582 g/mol. The van der Waals surface area contributed by atoms with Gasteiger partial charge >= 0.3 is 12.1 Å². The van der Waals surface area contributed by atoms with Gasteiger partial charge in [-0.3, -0.25) is 4.57 Å². The summed E-state index contributed by atoms with van der Waals surface area (Å²) in [7, 11) is 2.83. The fraction of sp³-hybridized carbons (Fsp3) is 0.200. The predicted molar refractivity (Wildman–Crippen MR) is 148 cm³/mol. The van der Waals surface area contributed by atoms with Gasteiger partial charge in [0.15, 0.2) is 4.88 Å². The van der Waals surface area contributed by atoms with Gasteiger partial charge in [0, 0.05) is 17.7 Å². The second-order valence-corrected chi connectivity index (χ2v) is 10.0.